The van der Waals surface area contributed by atoms with Crippen LogP contribution in [0, 0.1) is 10.1 Å². The van der Waals surface area contributed by atoms with E-state index in [9.17, 15) is 10.1 Å². The van der Waals surface area contributed by atoms with Crippen molar-refractivity contribution in [2.24, 2.45) is 5.73 Å². The highest BCUT2D eigenvalue weighted by Crippen LogP contribution is 2.12. The van der Waals surface area contributed by atoms with Gasteiger partial charge in [-0.15, -0.1) is 0 Å². The monoisotopic (exact) mass is 209 g/mol. The van der Waals surface area contributed by atoms with E-state index in [-0.39, 0.29) is 11.7 Å². The summed E-state index contributed by atoms with van der Waals surface area (Å²) in [4.78, 5) is 10.0. The van der Waals surface area contributed by atoms with Crippen LogP contribution in [0.3, 0.4) is 0 Å². The third kappa shape index (κ3) is 3.30. The normalized spacial score (nSPS) is 12.4. The molecule has 1 aromatic rings. The lowest BCUT2D eigenvalue weighted by atomic mass is 10.1. The van der Waals surface area contributed by atoms with Gasteiger partial charge in [0, 0.05) is 24.7 Å². The van der Waals surface area contributed by atoms with Crippen molar-refractivity contribution < 1.29 is 4.92 Å². The van der Waals surface area contributed by atoms with E-state index in [0.717, 1.165) is 12.0 Å². The molecule has 82 valence electrons. The number of benzene rings is 1. The highest BCUT2D eigenvalue weighted by molar-refractivity contribution is 5.33. The molecule has 5 heteroatoms. The van der Waals surface area contributed by atoms with E-state index < -0.39 is 4.92 Å². The zero-order chi connectivity index (χ0) is 11.3. The van der Waals surface area contributed by atoms with Gasteiger partial charge in [0.1, 0.15) is 0 Å². The summed E-state index contributed by atoms with van der Waals surface area (Å²) in [6, 6.07) is 6.76. The minimum Gasteiger partial charge on any atom is -0.329 e. The van der Waals surface area contributed by atoms with Gasteiger partial charge in [0.2, 0.25) is 0 Å². The van der Waals surface area contributed by atoms with Gasteiger partial charge in [0.15, 0.2) is 0 Å². The molecule has 0 heterocycles. The van der Waals surface area contributed by atoms with Gasteiger partial charge in [0.25, 0.3) is 5.69 Å². The smallest absolute Gasteiger partial charge is 0.269 e. The van der Waals surface area contributed by atoms with E-state index in [1.54, 1.807) is 12.1 Å². The molecular weight excluding hydrogens is 194 g/mol. The van der Waals surface area contributed by atoms with Crippen LogP contribution in [0.2, 0.25) is 0 Å². The Morgan fingerprint density at radius 1 is 1.47 bits per heavy atom. The minimum absolute atomic E-state index is 0.118. The molecule has 0 saturated carbocycles. The van der Waals surface area contributed by atoms with Crippen LogP contribution in [0.4, 0.5) is 5.69 Å². The van der Waals surface area contributed by atoms with Crippen molar-refractivity contribution in [1.82, 2.24) is 5.32 Å². The Morgan fingerprint density at radius 2 is 2.07 bits per heavy atom. The van der Waals surface area contributed by atoms with E-state index in [2.05, 4.69) is 5.32 Å². The van der Waals surface area contributed by atoms with Crippen molar-refractivity contribution in [2.45, 2.75) is 12.5 Å². The molecule has 0 amide bonds. The Bertz CT molecular complexity index is 320. The first kappa shape index (κ1) is 11.6. The predicted molar refractivity (Wildman–Crippen MR) is 58.7 cm³/mol. The Morgan fingerprint density at radius 3 is 2.47 bits per heavy atom. The maximum Gasteiger partial charge on any atom is 0.269 e. The summed E-state index contributed by atoms with van der Waals surface area (Å²) in [7, 11) is 1.85. The molecule has 1 atom stereocenters. The largest absolute Gasteiger partial charge is 0.329 e. The number of likely N-dealkylation sites (N-methyl/N-ethyl adjacent to an activating group) is 1. The standard InChI is InChI=1S/C10H15N3O2/c1-12-9(7-11)6-8-2-4-10(5-3-8)13(14)15/h2-5,9,12H,6-7,11H2,1H3. The molecule has 3 N–H and O–H groups in total. The summed E-state index contributed by atoms with van der Waals surface area (Å²) in [5.41, 5.74) is 6.70. The lowest BCUT2D eigenvalue weighted by Crippen LogP contribution is -2.35. The molecule has 0 radical (unpaired) electrons. The summed E-state index contributed by atoms with van der Waals surface area (Å²) in [6.07, 6.45) is 0.783. The Kier molecular flexibility index (Phi) is 4.20. The third-order valence-corrected chi connectivity index (χ3v) is 2.32. The van der Waals surface area contributed by atoms with Crippen LogP contribution < -0.4 is 11.1 Å². The van der Waals surface area contributed by atoms with Crippen LogP contribution in [0.15, 0.2) is 24.3 Å². The topological polar surface area (TPSA) is 81.2 Å². The molecule has 0 spiro atoms. The first-order valence-electron chi connectivity index (χ1n) is 4.78. The van der Waals surface area contributed by atoms with Gasteiger partial charge in [-0.3, -0.25) is 10.1 Å². The van der Waals surface area contributed by atoms with Crippen LogP contribution >= 0.6 is 0 Å². The van der Waals surface area contributed by atoms with Gasteiger partial charge in [-0.25, -0.2) is 0 Å². The summed E-state index contributed by atoms with van der Waals surface area (Å²) in [6.45, 7) is 0.549. The lowest BCUT2D eigenvalue weighted by molar-refractivity contribution is -0.384. The van der Waals surface area contributed by atoms with Crippen molar-refractivity contribution in [3.63, 3.8) is 0 Å². The zero-order valence-electron chi connectivity index (χ0n) is 8.64. The Hall–Kier alpha value is -1.46. The minimum atomic E-state index is -0.401. The Labute approximate surface area is 88.4 Å². The van der Waals surface area contributed by atoms with Crippen LogP contribution in [0.25, 0.3) is 0 Å². The molecule has 1 rings (SSSR count). The van der Waals surface area contributed by atoms with E-state index in [1.165, 1.54) is 12.1 Å². The highest BCUT2D eigenvalue weighted by Gasteiger charge is 2.07. The van der Waals surface area contributed by atoms with Crippen molar-refractivity contribution in [1.29, 1.82) is 0 Å². The fraction of sp³-hybridized carbons (Fsp3) is 0.400. The molecule has 0 aliphatic heterocycles. The SMILES string of the molecule is CNC(CN)Cc1ccc([N+](=O)[O-])cc1. The maximum atomic E-state index is 10.4. The average molecular weight is 209 g/mol. The van der Waals surface area contributed by atoms with Gasteiger partial charge in [-0.2, -0.15) is 0 Å². The molecule has 0 bridgehead atoms. The van der Waals surface area contributed by atoms with Crippen molar-refractivity contribution in [3.05, 3.63) is 39.9 Å². The third-order valence-electron chi connectivity index (χ3n) is 2.32. The summed E-state index contributed by atoms with van der Waals surface area (Å²) < 4.78 is 0. The van der Waals surface area contributed by atoms with Crippen LogP contribution in [0.1, 0.15) is 5.56 Å². The van der Waals surface area contributed by atoms with Gasteiger partial charge in [0.05, 0.1) is 4.92 Å². The molecule has 0 fully saturated rings. The molecule has 0 aliphatic carbocycles. The van der Waals surface area contributed by atoms with E-state index in [4.69, 9.17) is 5.73 Å². The van der Waals surface area contributed by atoms with Gasteiger partial charge in [-0.1, -0.05) is 12.1 Å². The number of nitro benzene ring substituents is 1. The van der Waals surface area contributed by atoms with Gasteiger partial charge in [-0.05, 0) is 19.0 Å². The van der Waals surface area contributed by atoms with E-state index in [1.807, 2.05) is 7.05 Å². The second kappa shape index (κ2) is 5.43. The van der Waals surface area contributed by atoms with Crippen molar-refractivity contribution >= 4 is 5.69 Å². The van der Waals surface area contributed by atoms with E-state index >= 15 is 0 Å². The number of nitro groups is 1. The average Bonchev–Trinajstić information content (AvgIpc) is 2.26. The van der Waals surface area contributed by atoms with Gasteiger partial charge >= 0.3 is 0 Å². The van der Waals surface area contributed by atoms with Crippen LogP contribution in [-0.2, 0) is 6.42 Å². The maximum absolute atomic E-state index is 10.4. The number of non-ortho nitro benzene ring substituents is 1. The molecule has 1 aromatic carbocycles. The second-order valence-corrected chi connectivity index (χ2v) is 3.35. The molecular formula is C10H15N3O2. The molecule has 1 unspecified atom stereocenters. The van der Waals surface area contributed by atoms with Crippen LogP contribution in [0.5, 0.6) is 0 Å². The molecule has 0 aromatic heterocycles. The summed E-state index contributed by atoms with van der Waals surface area (Å²) >= 11 is 0. The Balaban J connectivity index is 2.67. The molecule has 0 saturated heterocycles. The van der Waals surface area contributed by atoms with Gasteiger partial charge < -0.3 is 11.1 Å². The second-order valence-electron chi connectivity index (χ2n) is 3.35. The predicted octanol–water partition coefficient (Wildman–Crippen LogP) is 0.684. The number of nitrogens with one attached hydrogen (secondary N) is 1. The zero-order valence-corrected chi connectivity index (χ0v) is 8.64. The fourth-order valence-corrected chi connectivity index (χ4v) is 1.34. The number of hydrogen-bond donors (Lipinski definition) is 2. The number of nitrogens with two attached hydrogens (primary N) is 1. The quantitative estimate of drug-likeness (QED) is 0.552. The lowest BCUT2D eigenvalue weighted by Gasteiger charge is -2.12. The molecule has 0 aliphatic rings. The fourth-order valence-electron chi connectivity index (χ4n) is 1.34. The van der Waals surface area contributed by atoms with E-state index in [0.29, 0.717) is 6.54 Å². The molecule has 15 heavy (non-hydrogen) atoms. The summed E-state index contributed by atoms with van der Waals surface area (Å²) in [5, 5.41) is 13.5. The molecule has 5 nitrogen and oxygen atoms in total. The first-order chi connectivity index (χ1) is 7.17. The van der Waals surface area contributed by atoms with Crippen molar-refractivity contribution in [3.8, 4) is 0 Å². The summed E-state index contributed by atoms with van der Waals surface area (Å²) in [5.74, 6) is 0. The number of rotatable bonds is 5. The van der Waals surface area contributed by atoms with Crippen molar-refractivity contribution in [2.75, 3.05) is 13.6 Å². The highest BCUT2D eigenvalue weighted by atomic mass is 16.6. The number of nitrogens with zero attached hydrogens (tertiary/aromatic N) is 1. The van der Waals surface area contributed by atoms with Crippen LogP contribution in [-0.4, -0.2) is 24.6 Å². The number of hydrogen-bond acceptors (Lipinski definition) is 4. The first-order valence-corrected chi connectivity index (χ1v) is 4.78.